The van der Waals surface area contributed by atoms with E-state index in [-0.39, 0.29) is 18.9 Å². The first kappa shape index (κ1) is 18.5. The Morgan fingerprint density at radius 1 is 1.18 bits per heavy atom. The molecule has 0 heterocycles. The Morgan fingerprint density at radius 2 is 1.65 bits per heavy atom. The van der Waals surface area contributed by atoms with E-state index in [1.165, 1.54) is 7.11 Å². The molecule has 0 saturated heterocycles. The van der Waals surface area contributed by atoms with E-state index in [1.807, 2.05) is 0 Å². The first-order valence-electron chi connectivity index (χ1n) is 4.27. The van der Waals surface area contributed by atoms with Crippen LogP contribution in [0.2, 0.25) is 0 Å². The van der Waals surface area contributed by atoms with Crippen molar-refractivity contribution in [3.63, 3.8) is 0 Å². The van der Waals surface area contributed by atoms with E-state index in [0.29, 0.717) is 0 Å². The van der Waals surface area contributed by atoms with Gasteiger partial charge in [0, 0.05) is 7.11 Å². The second kappa shape index (κ2) is 6.75. The second-order valence-corrected chi connectivity index (χ2v) is 3.14. The lowest BCUT2D eigenvalue weighted by Crippen LogP contribution is -2.56. The Balaban J connectivity index is 0. The standard InChI is InChI=1S/C8H13F4NO3.CH4/c1-13(2)8(11,12)7(9,10)6(14)16-5-4-15-3;/h4-5H2,1-3H3;1H4. The summed E-state index contributed by atoms with van der Waals surface area (Å²) in [7, 11) is 2.72. The fraction of sp³-hybridized carbons (Fsp3) is 0.889. The topological polar surface area (TPSA) is 38.8 Å². The van der Waals surface area contributed by atoms with E-state index in [4.69, 9.17) is 0 Å². The molecular weight excluding hydrogens is 246 g/mol. The Hall–Kier alpha value is -0.890. The monoisotopic (exact) mass is 263 g/mol. The largest absolute Gasteiger partial charge is 0.459 e. The van der Waals surface area contributed by atoms with Crippen molar-refractivity contribution < 1.29 is 31.8 Å². The first-order valence-corrected chi connectivity index (χ1v) is 4.27. The molecule has 0 fully saturated rings. The molecule has 0 rings (SSSR count). The van der Waals surface area contributed by atoms with Crippen LogP contribution in [0.1, 0.15) is 7.43 Å². The molecule has 0 unspecified atom stereocenters. The summed E-state index contributed by atoms with van der Waals surface area (Å²) in [5.41, 5.74) is 0. The van der Waals surface area contributed by atoms with Crippen LogP contribution in [-0.4, -0.2) is 57.3 Å². The second-order valence-electron chi connectivity index (χ2n) is 3.14. The third-order valence-corrected chi connectivity index (χ3v) is 1.72. The van der Waals surface area contributed by atoms with Crippen molar-refractivity contribution in [3.05, 3.63) is 0 Å². The number of alkyl halides is 4. The number of rotatable bonds is 6. The number of hydrogen-bond donors (Lipinski definition) is 0. The maximum atomic E-state index is 13.0. The van der Waals surface area contributed by atoms with Gasteiger partial charge in [0.2, 0.25) is 0 Å². The van der Waals surface area contributed by atoms with E-state index >= 15 is 0 Å². The molecular formula is C9H17F4NO3. The van der Waals surface area contributed by atoms with Crippen LogP contribution in [0.4, 0.5) is 17.6 Å². The third-order valence-electron chi connectivity index (χ3n) is 1.72. The molecule has 0 atom stereocenters. The van der Waals surface area contributed by atoms with E-state index in [9.17, 15) is 22.4 Å². The van der Waals surface area contributed by atoms with Crippen LogP contribution >= 0.6 is 0 Å². The number of nitrogens with zero attached hydrogens (tertiary/aromatic N) is 1. The highest BCUT2D eigenvalue weighted by atomic mass is 19.3. The van der Waals surface area contributed by atoms with Gasteiger partial charge in [0.15, 0.2) is 0 Å². The molecule has 0 bridgehead atoms. The van der Waals surface area contributed by atoms with Crippen LogP contribution in [0.3, 0.4) is 0 Å². The number of carbonyl (C=O) groups excluding carboxylic acids is 1. The molecule has 0 aliphatic heterocycles. The average Bonchev–Trinajstić information content (AvgIpc) is 2.17. The average molecular weight is 263 g/mol. The molecule has 17 heavy (non-hydrogen) atoms. The van der Waals surface area contributed by atoms with Crippen molar-refractivity contribution in [2.45, 2.75) is 19.4 Å². The summed E-state index contributed by atoms with van der Waals surface area (Å²) in [6.07, 6.45) is 0. The van der Waals surface area contributed by atoms with Crippen LogP contribution in [0.15, 0.2) is 0 Å². The summed E-state index contributed by atoms with van der Waals surface area (Å²) < 4.78 is 60.2. The number of ether oxygens (including phenoxy) is 2. The van der Waals surface area contributed by atoms with Crippen LogP contribution in [0.25, 0.3) is 0 Å². The highest BCUT2D eigenvalue weighted by Gasteiger charge is 2.64. The molecule has 0 aromatic rings. The molecule has 0 aliphatic carbocycles. The van der Waals surface area contributed by atoms with Gasteiger partial charge in [-0.1, -0.05) is 7.43 Å². The molecule has 8 heteroatoms. The zero-order valence-electron chi connectivity index (χ0n) is 9.10. The molecule has 0 spiro atoms. The minimum Gasteiger partial charge on any atom is -0.459 e. The van der Waals surface area contributed by atoms with Crippen LogP contribution in [0.5, 0.6) is 0 Å². The van der Waals surface area contributed by atoms with Gasteiger partial charge in [-0.15, -0.1) is 0 Å². The highest BCUT2D eigenvalue weighted by molar-refractivity contribution is 5.78. The summed E-state index contributed by atoms with van der Waals surface area (Å²) >= 11 is 0. The predicted molar refractivity (Wildman–Crippen MR) is 53.1 cm³/mol. The number of methoxy groups -OCH3 is 1. The lowest BCUT2D eigenvalue weighted by Gasteiger charge is -2.29. The Morgan fingerprint density at radius 3 is 2.00 bits per heavy atom. The normalized spacial score (nSPS) is 12.2. The van der Waals surface area contributed by atoms with Crippen molar-refractivity contribution >= 4 is 5.97 Å². The third kappa shape index (κ3) is 4.12. The maximum Gasteiger partial charge on any atom is 0.418 e. The van der Waals surface area contributed by atoms with Gasteiger partial charge in [-0.3, -0.25) is 0 Å². The highest BCUT2D eigenvalue weighted by Crippen LogP contribution is 2.36. The Bertz CT molecular complexity index is 246. The zero-order valence-corrected chi connectivity index (χ0v) is 9.10. The van der Waals surface area contributed by atoms with Gasteiger partial charge in [-0.05, 0) is 14.1 Å². The van der Waals surface area contributed by atoms with E-state index < -0.39 is 24.5 Å². The van der Waals surface area contributed by atoms with Crippen molar-refractivity contribution in [2.75, 3.05) is 34.4 Å². The maximum absolute atomic E-state index is 13.0. The SMILES string of the molecule is C.COCCOC(=O)C(F)(F)C(F)(F)N(C)C. The number of hydrogen-bond acceptors (Lipinski definition) is 4. The van der Waals surface area contributed by atoms with E-state index in [1.54, 1.807) is 0 Å². The molecule has 0 amide bonds. The molecule has 0 aromatic heterocycles. The minimum atomic E-state index is -4.90. The van der Waals surface area contributed by atoms with Gasteiger partial charge in [-0.25, -0.2) is 9.69 Å². The van der Waals surface area contributed by atoms with Crippen LogP contribution in [-0.2, 0) is 14.3 Å². The molecule has 0 aromatic carbocycles. The lowest BCUT2D eigenvalue weighted by molar-refractivity contribution is -0.274. The number of halogens is 4. The number of esters is 1. The van der Waals surface area contributed by atoms with Crippen molar-refractivity contribution in [1.29, 1.82) is 0 Å². The zero-order chi connectivity index (χ0) is 13.0. The molecule has 0 aliphatic rings. The molecule has 0 saturated carbocycles. The van der Waals surface area contributed by atoms with E-state index in [2.05, 4.69) is 9.47 Å². The minimum absolute atomic E-state index is 0. The van der Waals surface area contributed by atoms with Gasteiger partial charge in [-0.2, -0.15) is 17.6 Å². The van der Waals surface area contributed by atoms with Gasteiger partial charge < -0.3 is 9.47 Å². The summed E-state index contributed by atoms with van der Waals surface area (Å²) in [4.78, 5) is 10.7. The summed E-state index contributed by atoms with van der Waals surface area (Å²) in [6, 6.07) is -4.60. The smallest absolute Gasteiger partial charge is 0.418 e. The summed E-state index contributed by atoms with van der Waals surface area (Å²) in [5, 5.41) is 0. The number of carbonyl (C=O) groups is 1. The van der Waals surface area contributed by atoms with Gasteiger partial charge in [0.05, 0.1) is 6.61 Å². The Labute approximate surface area is 97.5 Å². The van der Waals surface area contributed by atoms with Gasteiger partial charge in [0.1, 0.15) is 6.61 Å². The summed E-state index contributed by atoms with van der Waals surface area (Å²) in [6.45, 7) is -0.649. The van der Waals surface area contributed by atoms with Gasteiger partial charge >= 0.3 is 17.9 Å². The fourth-order valence-electron chi connectivity index (χ4n) is 0.712. The van der Waals surface area contributed by atoms with Crippen LogP contribution < -0.4 is 0 Å². The Kier molecular flexibility index (Phi) is 7.34. The fourth-order valence-corrected chi connectivity index (χ4v) is 0.712. The quantitative estimate of drug-likeness (QED) is 0.316. The lowest BCUT2D eigenvalue weighted by atomic mass is 10.2. The predicted octanol–water partition coefficient (Wildman–Crippen LogP) is 1.60. The van der Waals surface area contributed by atoms with Crippen molar-refractivity contribution in [2.24, 2.45) is 0 Å². The van der Waals surface area contributed by atoms with Crippen molar-refractivity contribution in [1.82, 2.24) is 4.90 Å². The molecule has 4 nitrogen and oxygen atoms in total. The summed E-state index contributed by atoms with van der Waals surface area (Å²) in [5.74, 6) is -7.17. The van der Waals surface area contributed by atoms with Crippen molar-refractivity contribution in [3.8, 4) is 0 Å². The molecule has 0 radical (unpaired) electrons. The van der Waals surface area contributed by atoms with E-state index in [0.717, 1.165) is 14.1 Å². The molecule has 104 valence electrons. The first-order chi connectivity index (χ1) is 7.17. The molecule has 0 N–H and O–H groups in total. The van der Waals surface area contributed by atoms with Crippen LogP contribution in [0, 0.1) is 0 Å². The van der Waals surface area contributed by atoms with Gasteiger partial charge in [0.25, 0.3) is 0 Å².